The Morgan fingerprint density at radius 3 is 2.88 bits per heavy atom. The van der Waals surface area contributed by atoms with Crippen LogP contribution < -0.4 is 0 Å². The van der Waals surface area contributed by atoms with Crippen LogP contribution in [0.4, 0.5) is 4.39 Å². The smallest absolute Gasteiger partial charge is 0.125 e. The minimum absolute atomic E-state index is 0.228. The molecule has 17 heavy (non-hydrogen) atoms. The SMILES string of the molecule is Cc1ncccc1-c1c[nH]c2cc(F)ccc12. The van der Waals surface area contributed by atoms with E-state index in [1.165, 1.54) is 12.1 Å². The summed E-state index contributed by atoms with van der Waals surface area (Å²) in [5.41, 5.74) is 3.91. The molecule has 3 aromatic rings. The van der Waals surface area contributed by atoms with Gasteiger partial charge in [0.15, 0.2) is 0 Å². The Balaban J connectivity index is 2.29. The van der Waals surface area contributed by atoms with Gasteiger partial charge in [-0.05, 0) is 31.2 Å². The van der Waals surface area contributed by atoms with Crippen molar-refractivity contribution in [3.05, 3.63) is 54.2 Å². The molecule has 0 spiro atoms. The lowest BCUT2D eigenvalue weighted by Crippen LogP contribution is -1.85. The van der Waals surface area contributed by atoms with Crippen molar-refractivity contribution in [3.63, 3.8) is 0 Å². The fourth-order valence-corrected chi connectivity index (χ4v) is 2.09. The van der Waals surface area contributed by atoms with E-state index < -0.39 is 0 Å². The molecule has 0 amide bonds. The second-order valence-electron chi connectivity index (χ2n) is 4.03. The fraction of sp³-hybridized carbons (Fsp3) is 0.0714. The summed E-state index contributed by atoms with van der Waals surface area (Å²) >= 11 is 0. The zero-order chi connectivity index (χ0) is 11.8. The van der Waals surface area contributed by atoms with E-state index in [9.17, 15) is 4.39 Å². The molecular weight excluding hydrogens is 215 g/mol. The summed E-state index contributed by atoms with van der Waals surface area (Å²) in [5.74, 6) is -0.228. The molecule has 84 valence electrons. The molecule has 0 bridgehead atoms. The van der Waals surface area contributed by atoms with Crippen molar-refractivity contribution in [2.75, 3.05) is 0 Å². The monoisotopic (exact) mass is 226 g/mol. The molecule has 0 aliphatic rings. The number of hydrogen-bond acceptors (Lipinski definition) is 1. The molecule has 3 heteroatoms. The molecule has 2 heterocycles. The van der Waals surface area contributed by atoms with Crippen molar-refractivity contribution < 1.29 is 4.39 Å². The van der Waals surface area contributed by atoms with Crippen LogP contribution in [-0.4, -0.2) is 9.97 Å². The number of fused-ring (bicyclic) bond motifs is 1. The lowest BCUT2D eigenvalue weighted by molar-refractivity contribution is 0.629. The van der Waals surface area contributed by atoms with E-state index in [0.717, 1.165) is 27.7 Å². The Kier molecular flexibility index (Phi) is 2.18. The quantitative estimate of drug-likeness (QED) is 0.673. The Morgan fingerprint density at radius 1 is 1.18 bits per heavy atom. The first kappa shape index (κ1) is 10.0. The first-order valence-corrected chi connectivity index (χ1v) is 5.44. The van der Waals surface area contributed by atoms with E-state index in [4.69, 9.17) is 0 Å². The zero-order valence-electron chi connectivity index (χ0n) is 9.37. The maximum absolute atomic E-state index is 13.1. The van der Waals surface area contributed by atoms with Gasteiger partial charge in [0, 0.05) is 40.1 Å². The van der Waals surface area contributed by atoms with Crippen LogP contribution in [0.25, 0.3) is 22.0 Å². The highest BCUT2D eigenvalue weighted by molar-refractivity contribution is 5.95. The van der Waals surface area contributed by atoms with Gasteiger partial charge in [-0.25, -0.2) is 4.39 Å². The number of benzene rings is 1. The van der Waals surface area contributed by atoms with Crippen LogP contribution >= 0.6 is 0 Å². The van der Waals surface area contributed by atoms with Crippen molar-refractivity contribution in [1.82, 2.24) is 9.97 Å². The van der Waals surface area contributed by atoms with Crippen LogP contribution in [0.3, 0.4) is 0 Å². The molecule has 0 radical (unpaired) electrons. The second kappa shape index (κ2) is 3.70. The van der Waals surface area contributed by atoms with E-state index in [-0.39, 0.29) is 5.82 Å². The van der Waals surface area contributed by atoms with Crippen LogP contribution in [0, 0.1) is 12.7 Å². The predicted molar refractivity (Wildman–Crippen MR) is 66.2 cm³/mol. The summed E-state index contributed by atoms with van der Waals surface area (Å²) in [6.45, 7) is 1.97. The Bertz CT molecular complexity index is 686. The van der Waals surface area contributed by atoms with Gasteiger partial charge in [0.1, 0.15) is 5.82 Å². The summed E-state index contributed by atoms with van der Waals surface area (Å²) in [6, 6.07) is 8.71. The molecule has 0 fully saturated rings. The third-order valence-corrected chi connectivity index (χ3v) is 2.94. The van der Waals surface area contributed by atoms with Gasteiger partial charge in [0.25, 0.3) is 0 Å². The third-order valence-electron chi connectivity index (χ3n) is 2.94. The van der Waals surface area contributed by atoms with Gasteiger partial charge < -0.3 is 4.98 Å². The number of nitrogens with one attached hydrogen (secondary N) is 1. The van der Waals surface area contributed by atoms with Crippen LogP contribution in [0.2, 0.25) is 0 Å². The first-order chi connectivity index (χ1) is 8.25. The predicted octanol–water partition coefficient (Wildman–Crippen LogP) is 3.68. The number of H-pyrrole nitrogens is 1. The van der Waals surface area contributed by atoms with Crippen LogP contribution in [0.5, 0.6) is 0 Å². The Hall–Kier alpha value is -2.16. The van der Waals surface area contributed by atoms with Gasteiger partial charge in [-0.3, -0.25) is 4.98 Å². The fourth-order valence-electron chi connectivity index (χ4n) is 2.09. The minimum Gasteiger partial charge on any atom is -0.360 e. The molecule has 0 aliphatic carbocycles. The molecular formula is C14H11FN2. The van der Waals surface area contributed by atoms with E-state index in [0.29, 0.717) is 0 Å². The van der Waals surface area contributed by atoms with Crippen molar-refractivity contribution >= 4 is 10.9 Å². The van der Waals surface area contributed by atoms with Gasteiger partial charge in [-0.2, -0.15) is 0 Å². The van der Waals surface area contributed by atoms with E-state index >= 15 is 0 Å². The maximum Gasteiger partial charge on any atom is 0.125 e. The van der Waals surface area contributed by atoms with Gasteiger partial charge >= 0.3 is 0 Å². The van der Waals surface area contributed by atoms with Gasteiger partial charge in [0.2, 0.25) is 0 Å². The molecule has 1 N–H and O–H groups in total. The molecule has 2 nitrogen and oxygen atoms in total. The maximum atomic E-state index is 13.1. The highest BCUT2D eigenvalue weighted by Gasteiger charge is 2.08. The number of rotatable bonds is 1. The number of pyridine rings is 1. The number of aryl methyl sites for hydroxylation is 1. The average molecular weight is 226 g/mol. The summed E-state index contributed by atoms with van der Waals surface area (Å²) in [5, 5.41) is 1.02. The van der Waals surface area contributed by atoms with Crippen LogP contribution in [-0.2, 0) is 0 Å². The normalized spacial score (nSPS) is 10.9. The van der Waals surface area contributed by atoms with Crippen LogP contribution in [0.15, 0.2) is 42.7 Å². The zero-order valence-corrected chi connectivity index (χ0v) is 9.37. The Labute approximate surface area is 98.1 Å². The summed E-state index contributed by atoms with van der Waals surface area (Å²) in [7, 11) is 0. The highest BCUT2D eigenvalue weighted by Crippen LogP contribution is 2.30. The summed E-state index contributed by atoms with van der Waals surface area (Å²) in [4.78, 5) is 7.36. The van der Waals surface area contributed by atoms with Gasteiger partial charge in [-0.1, -0.05) is 6.07 Å². The van der Waals surface area contributed by atoms with Crippen molar-refractivity contribution in [3.8, 4) is 11.1 Å². The van der Waals surface area contributed by atoms with Gasteiger partial charge in [-0.15, -0.1) is 0 Å². The number of aromatic amines is 1. The lowest BCUT2D eigenvalue weighted by atomic mass is 10.0. The standard InChI is InChI=1S/C14H11FN2/c1-9-11(3-2-6-16-9)13-8-17-14-7-10(15)4-5-12(13)14/h2-8,17H,1H3. The van der Waals surface area contributed by atoms with Crippen molar-refractivity contribution in [1.29, 1.82) is 0 Å². The topological polar surface area (TPSA) is 28.7 Å². The number of nitrogens with zero attached hydrogens (tertiary/aromatic N) is 1. The van der Waals surface area contributed by atoms with E-state index in [1.54, 1.807) is 12.3 Å². The molecule has 0 unspecified atom stereocenters. The number of hydrogen-bond donors (Lipinski definition) is 1. The minimum atomic E-state index is -0.228. The van der Waals surface area contributed by atoms with Crippen molar-refractivity contribution in [2.24, 2.45) is 0 Å². The van der Waals surface area contributed by atoms with Crippen molar-refractivity contribution in [2.45, 2.75) is 6.92 Å². The molecule has 1 aromatic carbocycles. The number of halogens is 1. The Morgan fingerprint density at radius 2 is 2.06 bits per heavy atom. The van der Waals surface area contributed by atoms with E-state index in [1.807, 2.05) is 25.3 Å². The molecule has 0 atom stereocenters. The average Bonchev–Trinajstić information content (AvgIpc) is 2.72. The van der Waals surface area contributed by atoms with Gasteiger partial charge in [0.05, 0.1) is 0 Å². The molecule has 2 aromatic heterocycles. The highest BCUT2D eigenvalue weighted by atomic mass is 19.1. The van der Waals surface area contributed by atoms with E-state index in [2.05, 4.69) is 9.97 Å². The third kappa shape index (κ3) is 1.60. The molecule has 0 saturated carbocycles. The molecule has 0 saturated heterocycles. The lowest BCUT2D eigenvalue weighted by Gasteiger charge is -2.02. The first-order valence-electron chi connectivity index (χ1n) is 5.44. The summed E-state index contributed by atoms with van der Waals surface area (Å²) < 4.78 is 13.1. The van der Waals surface area contributed by atoms with Crippen LogP contribution in [0.1, 0.15) is 5.69 Å². The molecule has 3 rings (SSSR count). The summed E-state index contributed by atoms with van der Waals surface area (Å²) in [6.07, 6.45) is 3.67. The second-order valence-corrected chi connectivity index (χ2v) is 4.03. The number of aromatic nitrogens is 2. The molecule has 0 aliphatic heterocycles. The largest absolute Gasteiger partial charge is 0.360 e.